The van der Waals surface area contributed by atoms with Crippen LogP contribution in [-0.2, 0) is 13.6 Å². The number of hydrogen-bond donors (Lipinski definition) is 0. The van der Waals surface area contributed by atoms with Gasteiger partial charge in [0.2, 0.25) is 0 Å². The quantitative estimate of drug-likeness (QED) is 0.787. The Hall–Kier alpha value is -1.49. The Kier molecular flexibility index (Phi) is 3.24. The van der Waals surface area contributed by atoms with Gasteiger partial charge in [-0.1, -0.05) is 0 Å². The third-order valence-electron chi connectivity index (χ3n) is 4.14. The van der Waals surface area contributed by atoms with E-state index in [9.17, 15) is 4.79 Å². The second-order valence-corrected chi connectivity index (χ2v) is 6.30. The van der Waals surface area contributed by atoms with E-state index in [0.717, 1.165) is 23.3 Å². The molecule has 0 saturated carbocycles. The number of nitrogens with zero attached hydrogens (tertiary/aromatic N) is 3. The molecule has 0 radical (unpaired) electrons. The number of carbonyl (C=O) groups excluding carboxylic acids is 1. The molecule has 20 heavy (non-hydrogen) atoms. The minimum atomic E-state index is 0.0933. The van der Waals surface area contributed by atoms with E-state index in [0.29, 0.717) is 0 Å². The smallest absolute Gasteiger partial charge is 0.271 e. The third kappa shape index (κ3) is 2.00. The van der Waals surface area contributed by atoms with Crippen LogP contribution in [0.5, 0.6) is 0 Å². The lowest BCUT2D eigenvalue weighted by Gasteiger charge is -2.35. The van der Waals surface area contributed by atoms with Gasteiger partial charge in [0.25, 0.3) is 5.91 Å². The Labute approximate surface area is 127 Å². The summed E-state index contributed by atoms with van der Waals surface area (Å²) < 4.78 is 5.11. The van der Waals surface area contributed by atoms with Crippen molar-refractivity contribution in [1.29, 1.82) is 0 Å². The fourth-order valence-corrected chi connectivity index (χ4v) is 3.51. The largest absolute Gasteiger partial charge is 0.345 e. The summed E-state index contributed by atoms with van der Waals surface area (Å²) in [5, 5.41) is 0. The highest BCUT2D eigenvalue weighted by Crippen LogP contribution is 2.29. The first-order valence-corrected chi connectivity index (χ1v) is 7.57. The monoisotopic (exact) mass is 335 g/mol. The van der Waals surface area contributed by atoms with Gasteiger partial charge in [0.1, 0.15) is 5.69 Å². The predicted octanol–water partition coefficient (Wildman–Crippen LogP) is 3.11. The van der Waals surface area contributed by atoms with Crippen molar-refractivity contribution in [3.05, 3.63) is 46.0 Å². The summed E-state index contributed by atoms with van der Waals surface area (Å²) >= 11 is 3.42. The van der Waals surface area contributed by atoms with Crippen LogP contribution in [0.2, 0.25) is 0 Å². The average molecular weight is 336 g/mol. The lowest BCUT2D eigenvalue weighted by Crippen LogP contribution is -2.41. The normalized spacial score (nSPS) is 18.2. The van der Waals surface area contributed by atoms with Crippen LogP contribution in [0.25, 0.3) is 0 Å². The Morgan fingerprint density at radius 1 is 1.35 bits per heavy atom. The molecule has 1 unspecified atom stereocenters. The summed E-state index contributed by atoms with van der Waals surface area (Å²) in [5.41, 5.74) is 3.20. The van der Waals surface area contributed by atoms with Gasteiger partial charge in [-0.25, -0.2) is 0 Å². The molecule has 4 nitrogen and oxygen atoms in total. The van der Waals surface area contributed by atoms with Crippen LogP contribution >= 0.6 is 15.9 Å². The average Bonchev–Trinajstić information content (AvgIpc) is 2.93. The molecular formula is C15H18BrN3O. The number of hydrogen-bond acceptors (Lipinski definition) is 1. The van der Waals surface area contributed by atoms with E-state index >= 15 is 0 Å². The second-order valence-electron chi connectivity index (χ2n) is 5.38. The summed E-state index contributed by atoms with van der Waals surface area (Å²) in [6.07, 6.45) is 1.91. The van der Waals surface area contributed by atoms with E-state index in [1.807, 2.05) is 28.8 Å². The molecule has 0 fully saturated rings. The fraction of sp³-hybridized carbons (Fsp3) is 0.400. The number of aryl methyl sites for hydroxylation is 2. The molecule has 2 aromatic heterocycles. The van der Waals surface area contributed by atoms with E-state index in [-0.39, 0.29) is 11.9 Å². The molecule has 1 amide bonds. The molecule has 106 valence electrons. The number of rotatable bonds is 1. The SMILES string of the molecule is Cc1ccc2n1CCN(C(=O)c1cc(Br)cn1C)C2C. The molecule has 0 N–H and O–H groups in total. The molecular weight excluding hydrogens is 318 g/mol. The standard InChI is InChI=1S/C15H18BrN3O/c1-10-4-5-13-11(2)19(7-6-18(10)13)15(20)14-8-12(16)9-17(14)3/h4-5,8-9,11H,6-7H2,1-3H3. The van der Waals surface area contributed by atoms with Crippen molar-refractivity contribution in [2.45, 2.75) is 26.4 Å². The maximum Gasteiger partial charge on any atom is 0.271 e. The van der Waals surface area contributed by atoms with Gasteiger partial charge >= 0.3 is 0 Å². The zero-order chi connectivity index (χ0) is 14.4. The minimum absolute atomic E-state index is 0.0933. The Balaban J connectivity index is 1.93. The number of carbonyl (C=O) groups is 1. The van der Waals surface area contributed by atoms with Gasteiger partial charge in [0, 0.05) is 42.2 Å². The first-order valence-electron chi connectivity index (χ1n) is 6.78. The van der Waals surface area contributed by atoms with Gasteiger partial charge in [0.15, 0.2) is 0 Å². The predicted molar refractivity (Wildman–Crippen MR) is 81.7 cm³/mol. The number of amides is 1. The van der Waals surface area contributed by atoms with Crippen molar-refractivity contribution >= 4 is 21.8 Å². The van der Waals surface area contributed by atoms with Crippen LogP contribution < -0.4 is 0 Å². The second kappa shape index (κ2) is 4.81. The highest BCUT2D eigenvalue weighted by Gasteiger charge is 2.30. The van der Waals surface area contributed by atoms with Crippen molar-refractivity contribution < 1.29 is 4.79 Å². The molecule has 3 rings (SSSR count). The van der Waals surface area contributed by atoms with Crippen LogP contribution in [-0.4, -0.2) is 26.5 Å². The van der Waals surface area contributed by atoms with Crippen LogP contribution in [0.3, 0.4) is 0 Å². The minimum Gasteiger partial charge on any atom is -0.345 e. The highest BCUT2D eigenvalue weighted by atomic mass is 79.9. The lowest BCUT2D eigenvalue weighted by molar-refractivity contribution is 0.0633. The Morgan fingerprint density at radius 2 is 2.10 bits per heavy atom. The van der Waals surface area contributed by atoms with Gasteiger partial charge in [-0.15, -0.1) is 0 Å². The maximum absolute atomic E-state index is 12.7. The van der Waals surface area contributed by atoms with Crippen LogP contribution in [0.15, 0.2) is 28.9 Å². The molecule has 0 bridgehead atoms. The van der Waals surface area contributed by atoms with E-state index in [4.69, 9.17) is 0 Å². The molecule has 3 heterocycles. The van der Waals surface area contributed by atoms with Crippen molar-refractivity contribution in [3.63, 3.8) is 0 Å². The van der Waals surface area contributed by atoms with Gasteiger partial charge in [-0.2, -0.15) is 0 Å². The zero-order valence-electron chi connectivity index (χ0n) is 11.9. The van der Waals surface area contributed by atoms with Gasteiger partial charge in [-0.3, -0.25) is 4.79 Å². The summed E-state index contributed by atoms with van der Waals surface area (Å²) in [4.78, 5) is 14.7. The molecule has 1 aliphatic heterocycles. The third-order valence-corrected chi connectivity index (χ3v) is 4.58. The van der Waals surface area contributed by atoms with Crippen molar-refractivity contribution in [1.82, 2.24) is 14.0 Å². The van der Waals surface area contributed by atoms with Gasteiger partial charge < -0.3 is 14.0 Å². The molecule has 1 aliphatic rings. The molecule has 2 aromatic rings. The first-order chi connectivity index (χ1) is 9.49. The zero-order valence-corrected chi connectivity index (χ0v) is 13.5. The fourth-order valence-electron chi connectivity index (χ4n) is 2.98. The first kappa shape index (κ1) is 13.5. The topological polar surface area (TPSA) is 30.2 Å². The number of fused-ring (bicyclic) bond motifs is 1. The van der Waals surface area contributed by atoms with Gasteiger partial charge in [0.05, 0.1) is 6.04 Å². The summed E-state index contributed by atoms with van der Waals surface area (Å²) in [7, 11) is 1.90. The van der Waals surface area contributed by atoms with Gasteiger partial charge in [-0.05, 0) is 48.0 Å². The Bertz CT molecular complexity index is 671. The molecule has 0 saturated heterocycles. The highest BCUT2D eigenvalue weighted by molar-refractivity contribution is 9.10. The summed E-state index contributed by atoms with van der Waals surface area (Å²) in [6, 6.07) is 6.24. The molecule has 1 atom stereocenters. The van der Waals surface area contributed by atoms with E-state index < -0.39 is 0 Å². The van der Waals surface area contributed by atoms with Crippen LogP contribution in [0.4, 0.5) is 0 Å². The molecule has 0 aromatic carbocycles. The van der Waals surface area contributed by atoms with E-state index in [1.54, 1.807) is 0 Å². The molecule has 0 spiro atoms. The number of halogens is 1. The molecule has 5 heteroatoms. The Morgan fingerprint density at radius 3 is 2.75 bits per heavy atom. The van der Waals surface area contributed by atoms with E-state index in [2.05, 4.69) is 46.5 Å². The van der Waals surface area contributed by atoms with E-state index in [1.165, 1.54) is 11.4 Å². The lowest BCUT2D eigenvalue weighted by atomic mass is 10.1. The number of aromatic nitrogens is 2. The van der Waals surface area contributed by atoms with Crippen molar-refractivity contribution in [2.24, 2.45) is 7.05 Å². The molecule has 0 aliphatic carbocycles. The van der Waals surface area contributed by atoms with Crippen LogP contribution in [0, 0.1) is 6.92 Å². The maximum atomic E-state index is 12.7. The summed E-state index contributed by atoms with van der Waals surface area (Å²) in [5.74, 6) is 0.0933. The van der Waals surface area contributed by atoms with Crippen molar-refractivity contribution in [3.8, 4) is 0 Å². The summed E-state index contributed by atoms with van der Waals surface area (Å²) in [6.45, 7) is 5.84. The van der Waals surface area contributed by atoms with Crippen molar-refractivity contribution in [2.75, 3.05) is 6.54 Å². The van der Waals surface area contributed by atoms with Crippen LogP contribution in [0.1, 0.15) is 34.8 Å².